The van der Waals surface area contributed by atoms with Gasteiger partial charge < -0.3 is 9.47 Å². The van der Waals surface area contributed by atoms with Crippen LogP contribution >= 0.6 is 21.6 Å². The van der Waals surface area contributed by atoms with E-state index in [2.05, 4.69) is 23.6 Å². The number of hydrogen-bond donors (Lipinski definition) is 0. The van der Waals surface area contributed by atoms with E-state index in [4.69, 9.17) is 9.47 Å². The van der Waals surface area contributed by atoms with E-state index < -0.39 is 0 Å². The smallest absolute Gasteiger partial charge is 0.307 e. The first-order valence-electron chi connectivity index (χ1n) is 19.4. The van der Waals surface area contributed by atoms with Gasteiger partial charge in [-0.3, -0.25) is 19.4 Å². The van der Waals surface area contributed by atoms with Crippen LogP contribution in [0.15, 0.2) is 0 Å². The fourth-order valence-electron chi connectivity index (χ4n) is 5.36. The molecule has 0 aliphatic heterocycles. The third-order valence-corrected chi connectivity index (χ3v) is 10.9. The summed E-state index contributed by atoms with van der Waals surface area (Å²) in [6, 6.07) is 0. The molecule has 0 N–H and O–H groups in total. The Kier molecular flexibility index (Phi) is 37.0. The van der Waals surface area contributed by atoms with E-state index in [-0.39, 0.29) is 11.9 Å². The molecule has 46 heavy (non-hydrogen) atoms. The van der Waals surface area contributed by atoms with E-state index in [1.54, 1.807) is 0 Å². The zero-order valence-corrected chi connectivity index (χ0v) is 32.6. The second-order valence-electron chi connectivity index (χ2n) is 13.4. The highest BCUT2D eigenvalue weighted by Gasteiger charge is 2.07. The van der Waals surface area contributed by atoms with Gasteiger partial charge in [0.25, 0.3) is 0 Å². The van der Waals surface area contributed by atoms with Crippen LogP contribution in [0.2, 0.25) is 0 Å². The molecule has 0 fully saturated rings. The number of carbonyl (C=O) groups excluding carboxylic acids is 2. The lowest BCUT2D eigenvalue weighted by molar-refractivity contribution is -0.148. The third kappa shape index (κ3) is 36.4. The molecule has 0 rings (SSSR count). The fourth-order valence-corrected chi connectivity index (χ4v) is 7.52. The summed E-state index contributed by atoms with van der Waals surface area (Å²) in [5.41, 5.74) is 0. The van der Waals surface area contributed by atoms with Crippen LogP contribution in [-0.2, 0) is 19.1 Å². The predicted molar refractivity (Wildman–Crippen MR) is 203 cm³/mol. The average Bonchev–Trinajstić information content (AvgIpc) is 3.05. The summed E-state index contributed by atoms with van der Waals surface area (Å²) < 4.78 is 10.9. The molecule has 0 atom stereocenters. The number of hydrogen-bond acceptors (Lipinski definition) is 8. The fraction of sp³-hybridized carbons (Fsp3) is 0.947. The molecular formula is C38H76N2O4S2. The maximum absolute atomic E-state index is 12.1. The molecule has 0 heterocycles. The van der Waals surface area contributed by atoms with Crippen LogP contribution in [0.4, 0.5) is 0 Å². The number of ether oxygens (including phenoxy) is 2. The second-order valence-corrected chi connectivity index (χ2v) is 16.1. The summed E-state index contributed by atoms with van der Waals surface area (Å²) in [6.07, 6.45) is 32.3. The molecule has 0 aliphatic carbocycles. The first kappa shape index (κ1) is 45.6. The molecule has 0 amide bonds. The van der Waals surface area contributed by atoms with Crippen LogP contribution in [0, 0.1) is 0 Å². The number of nitrogens with zero attached hydrogens (tertiary/aromatic N) is 2. The Morgan fingerprint density at radius 1 is 0.435 bits per heavy atom. The maximum Gasteiger partial charge on any atom is 0.307 e. The van der Waals surface area contributed by atoms with Crippen molar-refractivity contribution >= 4 is 33.5 Å². The number of rotatable bonds is 37. The molecule has 0 aliphatic rings. The van der Waals surface area contributed by atoms with Crippen LogP contribution in [0.25, 0.3) is 0 Å². The van der Waals surface area contributed by atoms with Gasteiger partial charge in [-0.2, -0.15) is 0 Å². The second kappa shape index (κ2) is 37.4. The summed E-state index contributed by atoms with van der Waals surface area (Å²) in [5.74, 6) is 1.82. The first-order valence-corrected chi connectivity index (χ1v) is 21.9. The van der Waals surface area contributed by atoms with Crippen molar-refractivity contribution in [2.45, 2.75) is 181 Å². The Morgan fingerprint density at radius 2 is 0.696 bits per heavy atom. The van der Waals surface area contributed by atoms with Crippen LogP contribution in [0.1, 0.15) is 181 Å². The van der Waals surface area contributed by atoms with Gasteiger partial charge in [-0.15, -0.1) is 0 Å². The third-order valence-electron chi connectivity index (χ3n) is 8.56. The molecular weight excluding hydrogens is 613 g/mol. The first-order chi connectivity index (χ1) is 22.5. The average molecular weight is 689 g/mol. The molecule has 0 aromatic carbocycles. The quantitative estimate of drug-likeness (QED) is 0.0277. The standard InChI is InChI=1S/C38H76N2O4S2/c1-5-7-9-11-13-15-17-19-21-23-25-27-29-37(41)43-35-39(3)31-33-45-46-34-32-40(4)36-44-38(42)30-28-26-24-22-20-18-16-14-12-10-8-6-2/h5-36H2,1-4H3. The predicted octanol–water partition coefficient (Wildman–Crippen LogP) is 11.4. The molecule has 0 aromatic rings. The summed E-state index contributed by atoms with van der Waals surface area (Å²) in [4.78, 5) is 28.2. The Hall–Kier alpha value is -0.440. The van der Waals surface area contributed by atoms with Crippen molar-refractivity contribution in [3.05, 3.63) is 0 Å². The number of carbonyl (C=O) groups is 2. The lowest BCUT2D eigenvalue weighted by atomic mass is 10.0. The lowest BCUT2D eigenvalue weighted by Crippen LogP contribution is -2.26. The number of esters is 2. The largest absolute Gasteiger partial charge is 0.449 e. The van der Waals surface area contributed by atoms with Crippen LogP contribution in [-0.4, -0.2) is 73.9 Å². The van der Waals surface area contributed by atoms with Gasteiger partial charge in [0.05, 0.1) is 0 Å². The van der Waals surface area contributed by atoms with Gasteiger partial charge in [0.2, 0.25) is 0 Å². The van der Waals surface area contributed by atoms with Gasteiger partial charge in [-0.05, 0) is 26.9 Å². The van der Waals surface area contributed by atoms with E-state index in [1.165, 1.54) is 128 Å². The van der Waals surface area contributed by atoms with Crippen molar-refractivity contribution in [3.8, 4) is 0 Å². The van der Waals surface area contributed by atoms with Gasteiger partial charge in [0.1, 0.15) is 13.5 Å². The minimum atomic E-state index is -0.0706. The zero-order chi connectivity index (χ0) is 33.8. The Balaban J connectivity index is 3.44. The minimum absolute atomic E-state index is 0.0706. The highest BCUT2D eigenvalue weighted by atomic mass is 33.1. The van der Waals surface area contributed by atoms with E-state index >= 15 is 0 Å². The maximum atomic E-state index is 12.1. The van der Waals surface area contributed by atoms with Crippen LogP contribution in [0.5, 0.6) is 0 Å². The minimum Gasteiger partial charge on any atom is -0.449 e. The van der Waals surface area contributed by atoms with Crippen molar-refractivity contribution in [2.75, 3.05) is 52.2 Å². The van der Waals surface area contributed by atoms with Gasteiger partial charge in [0, 0.05) is 37.4 Å². The zero-order valence-electron chi connectivity index (χ0n) is 31.0. The van der Waals surface area contributed by atoms with E-state index in [0.29, 0.717) is 26.3 Å². The van der Waals surface area contributed by atoms with Crippen LogP contribution in [0.3, 0.4) is 0 Å². The summed E-state index contributed by atoms with van der Waals surface area (Å²) in [7, 11) is 7.68. The lowest BCUT2D eigenvalue weighted by Gasteiger charge is -2.17. The molecule has 0 aromatic heterocycles. The van der Waals surface area contributed by atoms with Crippen molar-refractivity contribution in [1.29, 1.82) is 0 Å². The number of unbranched alkanes of at least 4 members (excludes halogenated alkanes) is 22. The van der Waals surface area contributed by atoms with Crippen LogP contribution < -0.4 is 0 Å². The molecule has 6 nitrogen and oxygen atoms in total. The topological polar surface area (TPSA) is 59.1 Å². The normalized spacial score (nSPS) is 11.5. The molecule has 8 heteroatoms. The SMILES string of the molecule is CCCCCCCCCCCCCCC(=O)OCN(C)CCSSCCN(C)COC(=O)CCCCCCCCCCCCCC. The summed E-state index contributed by atoms with van der Waals surface area (Å²) >= 11 is 0. The molecule has 0 bridgehead atoms. The van der Waals surface area contributed by atoms with Gasteiger partial charge >= 0.3 is 11.9 Å². The summed E-state index contributed by atoms with van der Waals surface area (Å²) in [5, 5.41) is 0. The van der Waals surface area contributed by atoms with Crippen molar-refractivity contribution in [3.63, 3.8) is 0 Å². The van der Waals surface area contributed by atoms with Gasteiger partial charge in [-0.1, -0.05) is 177 Å². The van der Waals surface area contributed by atoms with E-state index in [0.717, 1.165) is 50.3 Å². The Morgan fingerprint density at radius 3 is 0.978 bits per heavy atom. The van der Waals surface area contributed by atoms with Gasteiger partial charge in [-0.25, -0.2) is 0 Å². The highest BCUT2D eigenvalue weighted by Crippen LogP contribution is 2.21. The Labute approximate surface area is 294 Å². The van der Waals surface area contributed by atoms with E-state index in [9.17, 15) is 9.59 Å². The van der Waals surface area contributed by atoms with Crippen molar-refractivity contribution in [1.82, 2.24) is 9.80 Å². The molecule has 0 spiro atoms. The molecule has 0 unspecified atom stereocenters. The van der Waals surface area contributed by atoms with E-state index in [1.807, 2.05) is 35.7 Å². The van der Waals surface area contributed by atoms with Gasteiger partial charge in [0.15, 0.2) is 0 Å². The molecule has 0 saturated heterocycles. The monoisotopic (exact) mass is 689 g/mol. The van der Waals surface area contributed by atoms with Crippen molar-refractivity contribution < 1.29 is 19.1 Å². The van der Waals surface area contributed by atoms with Crippen molar-refractivity contribution in [2.24, 2.45) is 0 Å². The molecule has 0 saturated carbocycles. The summed E-state index contributed by atoms with van der Waals surface area (Å²) in [6.45, 7) is 7.05. The Bertz CT molecular complexity index is 602. The highest BCUT2D eigenvalue weighted by molar-refractivity contribution is 8.76. The molecule has 0 radical (unpaired) electrons. The molecule has 274 valence electrons.